The second-order valence-electron chi connectivity index (χ2n) is 4.98. The van der Waals surface area contributed by atoms with Crippen LogP contribution in [-0.4, -0.2) is 28.8 Å². The zero-order chi connectivity index (χ0) is 16.9. The average Bonchev–Trinajstić information content (AvgIpc) is 3.03. The third-order valence-electron chi connectivity index (χ3n) is 3.41. The minimum Gasteiger partial charge on any atom is -0.462 e. The first-order valence-corrected chi connectivity index (χ1v) is 7.45. The highest BCUT2D eigenvalue weighted by molar-refractivity contribution is 6.07. The van der Waals surface area contributed by atoms with Crippen LogP contribution in [0.1, 0.15) is 17.3 Å². The normalized spacial score (nSPS) is 10.4. The molecule has 0 aliphatic rings. The van der Waals surface area contributed by atoms with E-state index in [-0.39, 0.29) is 18.0 Å². The van der Waals surface area contributed by atoms with Gasteiger partial charge >= 0.3 is 12.0 Å². The largest absolute Gasteiger partial charge is 0.462 e. The van der Waals surface area contributed by atoms with Gasteiger partial charge in [-0.15, -0.1) is 0 Å². The van der Waals surface area contributed by atoms with Crippen molar-refractivity contribution in [1.82, 2.24) is 10.2 Å². The van der Waals surface area contributed by atoms with Gasteiger partial charge in [-0.3, -0.25) is 10.4 Å². The highest BCUT2D eigenvalue weighted by Gasteiger charge is 2.17. The Morgan fingerprint density at radius 2 is 1.92 bits per heavy atom. The number of aromatic amines is 1. The molecule has 3 rings (SSSR count). The number of aromatic nitrogens is 2. The van der Waals surface area contributed by atoms with E-state index in [9.17, 15) is 9.59 Å². The highest BCUT2D eigenvalue weighted by atomic mass is 16.5. The fourth-order valence-corrected chi connectivity index (χ4v) is 2.35. The van der Waals surface area contributed by atoms with E-state index < -0.39 is 12.0 Å². The molecule has 0 saturated carbocycles. The summed E-state index contributed by atoms with van der Waals surface area (Å²) in [6.45, 7) is 1.95. The van der Waals surface area contributed by atoms with Crippen molar-refractivity contribution in [3.63, 3.8) is 0 Å². The Morgan fingerprint density at radius 3 is 2.75 bits per heavy atom. The van der Waals surface area contributed by atoms with E-state index in [0.29, 0.717) is 5.69 Å². The van der Waals surface area contributed by atoms with Crippen LogP contribution >= 0.6 is 0 Å². The standard InChI is InChI=1S/C17H16N4O3/c1-2-24-16(22)13-10-18-21-15(13)20-17(23)19-14-9-5-7-11-6-3-4-8-12(11)14/h3-10H,2H2,1H3,(H3,18,19,20,21,23). The maximum absolute atomic E-state index is 12.2. The monoisotopic (exact) mass is 324 g/mol. The molecule has 7 nitrogen and oxygen atoms in total. The van der Waals surface area contributed by atoms with Crippen LogP contribution in [0.5, 0.6) is 0 Å². The van der Waals surface area contributed by atoms with Gasteiger partial charge in [0, 0.05) is 5.39 Å². The van der Waals surface area contributed by atoms with Crippen LogP contribution in [0, 0.1) is 0 Å². The molecule has 3 N–H and O–H groups in total. The van der Waals surface area contributed by atoms with Crippen molar-refractivity contribution in [3.8, 4) is 0 Å². The van der Waals surface area contributed by atoms with E-state index in [1.807, 2.05) is 36.4 Å². The highest BCUT2D eigenvalue weighted by Crippen LogP contribution is 2.23. The minimum absolute atomic E-state index is 0.171. The number of hydrogen-bond donors (Lipinski definition) is 3. The second kappa shape index (κ2) is 6.82. The molecule has 0 fully saturated rings. The maximum Gasteiger partial charge on any atom is 0.343 e. The number of nitrogens with one attached hydrogen (secondary N) is 3. The number of ether oxygens (including phenoxy) is 1. The van der Waals surface area contributed by atoms with E-state index >= 15 is 0 Å². The molecule has 24 heavy (non-hydrogen) atoms. The molecule has 0 spiro atoms. The quantitative estimate of drug-likeness (QED) is 0.641. The molecule has 2 aromatic carbocycles. The Bertz CT molecular complexity index is 883. The summed E-state index contributed by atoms with van der Waals surface area (Å²) >= 11 is 0. The number of carbonyl (C=O) groups is 2. The summed E-state index contributed by atoms with van der Waals surface area (Å²) in [4.78, 5) is 24.0. The number of esters is 1. The summed E-state index contributed by atoms with van der Waals surface area (Å²) in [6.07, 6.45) is 1.31. The van der Waals surface area contributed by atoms with E-state index in [1.54, 1.807) is 13.0 Å². The van der Waals surface area contributed by atoms with Crippen LogP contribution in [0.3, 0.4) is 0 Å². The number of urea groups is 1. The first-order valence-electron chi connectivity index (χ1n) is 7.45. The maximum atomic E-state index is 12.2. The van der Waals surface area contributed by atoms with Crippen LogP contribution in [0.25, 0.3) is 10.8 Å². The summed E-state index contributed by atoms with van der Waals surface area (Å²) in [5.41, 5.74) is 0.840. The van der Waals surface area contributed by atoms with Crippen LogP contribution in [0.15, 0.2) is 48.7 Å². The summed E-state index contributed by atoms with van der Waals surface area (Å²) in [6, 6.07) is 12.9. The molecular weight excluding hydrogens is 308 g/mol. The van der Waals surface area contributed by atoms with Gasteiger partial charge in [0.25, 0.3) is 0 Å². The van der Waals surface area contributed by atoms with Gasteiger partial charge in [0.15, 0.2) is 0 Å². The molecule has 2 amide bonds. The Labute approximate surface area is 138 Å². The molecule has 0 radical (unpaired) electrons. The number of benzene rings is 2. The van der Waals surface area contributed by atoms with Crippen LogP contribution in [0.2, 0.25) is 0 Å². The zero-order valence-electron chi connectivity index (χ0n) is 13.0. The van der Waals surface area contributed by atoms with Crippen molar-refractivity contribution < 1.29 is 14.3 Å². The lowest BCUT2D eigenvalue weighted by molar-refractivity contribution is 0.0527. The summed E-state index contributed by atoms with van der Waals surface area (Å²) in [7, 11) is 0. The van der Waals surface area contributed by atoms with Crippen molar-refractivity contribution in [3.05, 3.63) is 54.2 Å². The summed E-state index contributed by atoms with van der Waals surface area (Å²) < 4.78 is 4.91. The molecular formula is C17H16N4O3. The molecule has 1 heterocycles. The van der Waals surface area contributed by atoms with Crippen LogP contribution < -0.4 is 10.6 Å². The van der Waals surface area contributed by atoms with Gasteiger partial charge in [0.1, 0.15) is 11.4 Å². The number of anilines is 2. The van der Waals surface area contributed by atoms with E-state index in [0.717, 1.165) is 10.8 Å². The Kier molecular flexibility index (Phi) is 4.42. The SMILES string of the molecule is CCOC(=O)c1cn[nH]c1NC(=O)Nc1cccc2ccccc12. The lowest BCUT2D eigenvalue weighted by atomic mass is 10.1. The number of rotatable bonds is 4. The van der Waals surface area contributed by atoms with E-state index in [2.05, 4.69) is 20.8 Å². The van der Waals surface area contributed by atoms with Crippen molar-refractivity contribution in [1.29, 1.82) is 0 Å². The van der Waals surface area contributed by atoms with Crippen molar-refractivity contribution in [2.45, 2.75) is 6.92 Å². The van der Waals surface area contributed by atoms with Crippen molar-refractivity contribution in [2.24, 2.45) is 0 Å². The predicted octanol–water partition coefficient (Wildman–Crippen LogP) is 3.38. The van der Waals surface area contributed by atoms with Crippen molar-refractivity contribution >= 4 is 34.3 Å². The van der Waals surface area contributed by atoms with Gasteiger partial charge < -0.3 is 10.1 Å². The summed E-state index contributed by atoms with van der Waals surface area (Å²) in [5.74, 6) is -0.363. The molecule has 122 valence electrons. The van der Waals surface area contributed by atoms with Gasteiger partial charge in [-0.05, 0) is 18.4 Å². The number of fused-ring (bicyclic) bond motifs is 1. The van der Waals surface area contributed by atoms with E-state index in [1.165, 1.54) is 6.20 Å². The fourth-order valence-electron chi connectivity index (χ4n) is 2.35. The smallest absolute Gasteiger partial charge is 0.343 e. The van der Waals surface area contributed by atoms with Crippen LogP contribution in [-0.2, 0) is 4.74 Å². The molecule has 1 aromatic heterocycles. The molecule has 0 aliphatic carbocycles. The molecule has 7 heteroatoms. The number of carbonyl (C=O) groups excluding carboxylic acids is 2. The van der Waals surface area contributed by atoms with Crippen LogP contribution in [0.4, 0.5) is 16.3 Å². The molecule has 0 bridgehead atoms. The van der Waals surface area contributed by atoms with Gasteiger partial charge in [-0.1, -0.05) is 36.4 Å². The third kappa shape index (κ3) is 3.19. The van der Waals surface area contributed by atoms with Gasteiger partial charge in [0.2, 0.25) is 0 Å². The first kappa shape index (κ1) is 15.5. The Balaban J connectivity index is 1.77. The Hall–Kier alpha value is -3.35. The number of nitrogens with zero attached hydrogens (tertiary/aromatic N) is 1. The first-order chi connectivity index (χ1) is 11.7. The number of H-pyrrole nitrogens is 1. The average molecular weight is 324 g/mol. The van der Waals surface area contributed by atoms with Crippen molar-refractivity contribution in [2.75, 3.05) is 17.2 Å². The predicted molar refractivity (Wildman–Crippen MR) is 91.1 cm³/mol. The molecule has 0 saturated heterocycles. The lowest BCUT2D eigenvalue weighted by Crippen LogP contribution is -2.21. The fraction of sp³-hybridized carbons (Fsp3) is 0.118. The summed E-state index contributed by atoms with van der Waals surface area (Å²) in [5, 5.41) is 13.6. The van der Waals surface area contributed by atoms with Gasteiger partial charge in [0.05, 0.1) is 18.5 Å². The van der Waals surface area contributed by atoms with Gasteiger partial charge in [-0.25, -0.2) is 9.59 Å². The molecule has 0 atom stereocenters. The van der Waals surface area contributed by atoms with Gasteiger partial charge in [-0.2, -0.15) is 5.10 Å². The molecule has 0 unspecified atom stereocenters. The second-order valence-corrected chi connectivity index (χ2v) is 4.98. The molecule has 0 aliphatic heterocycles. The third-order valence-corrected chi connectivity index (χ3v) is 3.41. The minimum atomic E-state index is -0.549. The number of amides is 2. The van der Waals surface area contributed by atoms with E-state index in [4.69, 9.17) is 4.74 Å². The topological polar surface area (TPSA) is 96.1 Å². The number of hydrogen-bond acceptors (Lipinski definition) is 4. The zero-order valence-corrected chi connectivity index (χ0v) is 13.0. The lowest BCUT2D eigenvalue weighted by Gasteiger charge is -2.10. The molecule has 3 aromatic rings. The Morgan fingerprint density at radius 1 is 1.12 bits per heavy atom.